The van der Waals surface area contributed by atoms with E-state index in [-0.39, 0.29) is 0 Å². The van der Waals surface area contributed by atoms with Crippen LogP contribution in [-0.4, -0.2) is 49.1 Å². The van der Waals surface area contributed by atoms with Crippen molar-refractivity contribution in [1.82, 2.24) is 0 Å². The molecule has 1 aliphatic heterocycles. The number of rotatable bonds is 4. The average molecular weight is 455 g/mol. The molecule has 0 aromatic rings. The van der Waals surface area contributed by atoms with Gasteiger partial charge in [-0.3, -0.25) is 0 Å². The Morgan fingerprint density at radius 1 is 0.429 bits per heavy atom. The van der Waals surface area contributed by atoms with Gasteiger partial charge in [0, 0.05) is 0 Å². The van der Waals surface area contributed by atoms with E-state index in [9.17, 15) is 0 Å². The lowest BCUT2D eigenvalue weighted by Crippen LogP contribution is -2.76. The van der Waals surface area contributed by atoms with Gasteiger partial charge in [0.2, 0.25) is 0 Å². The molecule has 0 aromatic heterocycles. The van der Waals surface area contributed by atoms with E-state index in [1.807, 2.05) is 96.2 Å². The summed E-state index contributed by atoms with van der Waals surface area (Å²) >= 11 is 0. The van der Waals surface area contributed by atoms with E-state index < -0.39 is 49.1 Å². The van der Waals surface area contributed by atoms with Gasteiger partial charge in [-0.1, -0.05) is 0 Å². The number of hydrogen-bond donors (Lipinski definition) is 0. The van der Waals surface area contributed by atoms with E-state index in [2.05, 4.69) is 0 Å². The van der Waals surface area contributed by atoms with Gasteiger partial charge in [-0.05, 0) is 96.2 Å². The molecule has 0 bridgehead atoms. The first-order valence-electron chi connectivity index (χ1n) is 9.86. The van der Waals surface area contributed by atoms with Gasteiger partial charge in [0.15, 0.2) is 0 Å². The van der Waals surface area contributed by atoms with Gasteiger partial charge in [-0.2, -0.15) is 0 Å². The monoisotopic (exact) mass is 454 g/mol. The highest BCUT2D eigenvalue weighted by atomic mass is 28.6. The van der Waals surface area contributed by atoms with Crippen LogP contribution < -0.4 is 0 Å². The van der Waals surface area contributed by atoms with Gasteiger partial charge in [-0.15, -0.1) is 0 Å². The predicted octanol–water partition coefficient (Wildman–Crippen LogP) is 4.88. The van der Waals surface area contributed by atoms with Gasteiger partial charge < -0.3 is 30.0 Å². The third-order valence-corrected chi connectivity index (χ3v) is 14.1. The molecule has 1 heterocycles. The van der Waals surface area contributed by atoms with Crippen LogP contribution in [0.3, 0.4) is 0 Å². The quantitative estimate of drug-likeness (QED) is 0.561. The van der Waals surface area contributed by atoms with Crippen LogP contribution in [0.5, 0.6) is 0 Å². The Morgan fingerprint density at radius 2 is 0.643 bits per heavy atom. The smallest absolute Gasteiger partial charge is 0.371 e. The third kappa shape index (κ3) is 9.45. The molecule has 28 heavy (non-hydrogen) atoms. The van der Waals surface area contributed by atoms with Crippen molar-refractivity contribution in [3.05, 3.63) is 0 Å². The predicted molar refractivity (Wildman–Crippen MR) is 116 cm³/mol. The van der Waals surface area contributed by atoms with Crippen LogP contribution in [0.25, 0.3) is 0 Å². The molecule has 1 rings (SSSR count). The molecule has 10 heteroatoms. The molecule has 0 atom stereocenters. The first-order valence-corrected chi connectivity index (χ1v) is 15.9. The second-order valence-corrected chi connectivity index (χ2v) is 19.6. The molecule has 0 aromatic carbocycles. The summed E-state index contributed by atoms with van der Waals surface area (Å²) in [4.78, 5) is 0. The van der Waals surface area contributed by atoms with E-state index in [0.717, 1.165) is 0 Å². The summed E-state index contributed by atoms with van der Waals surface area (Å²) < 4.78 is 44.7. The zero-order valence-electron chi connectivity index (χ0n) is 20.4. The summed E-state index contributed by atoms with van der Waals surface area (Å²) in [5.41, 5.74) is -2.21. The lowest BCUT2D eigenvalue weighted by Gasteiger charge is -2.51. The molecular weight excluding hydrogens is 412 g/mol. The van der Waals surface area contributed by atoms with E-state index in [4.69, 9.17) is 30.0 Å². The number of hydrogen-bond acceptors (Lipinski definition) is 7. The second-order valence-electron chi connectivity index (χ2n) is 11.6. The fourth-order valence-corrected chi connectivity index (χ4v) is 14.6. The van der Waals surface area contributed by atoms with Crippen molar-refractivity contribution < 1.29 is 30.0 Å². The Balaban J connectivity index is 3.55. The summed E-state index contributed by atoms with van der Waals surface area (Å²) in [5.74, 6) is 0. The standard InChI is InChI=1S/C18H42O7Si3/c1-15(2,3)19-27(20-16(4,5)6)23-26(13,14)24-28(25-27,21-17(7,8)9)22-18(10,11)12/h1-14H3. The van der Waals surface area contributed by atoms with Gasteiger partial charge in [0.05, 0.1) is 22.4 Å². The minimum Gasteiger partial charge on any atom is -0.371 e. The van der Waals surface area contributed by atoms with Crippen LogP contribution in [0.15, 0.2) is 0 Å². The minimum absolute atomic E-state index is 0.553. The van der Waals surface area contributed by atoms with Gasteiger partial charge in [0.25, 0.3) is 0 Å². The minimum atomic E-state index is -3.68. The SMILES string of the molecule is CC(C)(C)O[Si]1(OC(C)(C)C)O[Si](C)(C)O[Si](OC(C)(C)C)(OC(C)(C)C)O1. The fraction of sp³-hybridized carbons (Fsp3) is 1.00. The first-order chi connectivity index (χ1) is 11.9. The van der Waals surface area contributed by atoms with Crippen molar-refractivity contribution in [2.75, 3.05) is 0 Å². The van der Waals surface area contributed by atoms with E-state index in [0.29, 0.717) is 0 Å². The molecule has 7 nitrogen and oxygen atoms in total. The van der Waals surface area contributed by atoms with Gasteiger partial charge in [-0.25, -0.2) is 0 Å². The van der Waals surface area contributed by atoms with Gasteiger partial charge >= 0.3 is 26.7 Å². The molecule has 0 unspecified atom stereocenters. The largest absolute Gasteiger partial charge is 0.665 e. The zero-order chi connectivity index (χ0) is 22.4. The molecule has 0 amide bonds. The normalized spacial score (nSPS) is 22.9. The topological polar surface area (TPSA) is 64.6 Å². The average Bonchev–Trinajstić information content (AvgIpc) is 2.10. The molecule has 0 N–H and O–H groups in total. The van der Waals surface area contributed by atoms with Crippen LogP contribution in [0.1, 0.15) is 83.1 Å². The molecule has 168 valence electrons. The molecule has 0 aliphatic carbocycles. The maximum atomic E-state index is 6.48. The summed E-state index contributed by atoms with van der Waals surface area (Å²) in [6.45, 7) is 27.2. The summed E-state index contributed by atoms with van der Waals surface area (Å²) in [5, 5.41) is 0. The Labute approximate surface area is 175 Å². The maximum Gasteiger partial charge on any atom is 0.665 e. The summed E-state index contributed by atoms with van der Waals surface area (Å²) in [7, 11) is -10.1. The summed E-state index contributed by atoms with van der Waals surface area (Å²) in [6.07, 6.45) is 0. The Hall–Kier alpha value is 0.371. The van der Waals surface area contributed by atoms with Crippen LogP contribution in [0, 0.1) is 0 Å². The van der Waals surface area contributed by atoms with Crippen molar-refractivity contribution in [3.8, 4) is 0 Å². The van der Waals surface area contributed by atoms with Crippen LogP contribution >= 0.6 is 0 Å². The Morgan fingerprint density at radius 3 is 0.821 bits per heavy atom. The molecule has 0 radical (unpaired) electrons. The highest BCUT2D eigenvalue weighted by molar-refractivity contribution is 6.86. The van der Waals surface area contributed by atoms with Crippen molar-refractivity contribution in [3.63, 3.8) is 0 Å². The molecule has 1 fully saturated rings. The fourth-order valence-electron chi connectivity index (χ4n) is 2.53. The maximum absolute atomic E-state index is 6.48. The van der Waals surface area contributed by atoms with E-state index >= 15 is 0 Å². The Bertz CT molecular complexity index is 450. The van der Waals surface area contributed by atoms with Crippen LogP contribution in [0.4, 0.5) is 0 Å². The zero-order valence-corrected chi connectivity index (χ0v) is 23.4. The lowest BCUT2D eigenvalue weighted by molar-refractivity contribution is -0.137. The molecule has 1 saturated heterocycles. The molecular formula is C18H42O7Si3. The van der Waals surface area contributed by atoms with Crippen LogP contribution in [0.2, 0.25) is 13.1 Å². The molecule has 0 saturated carbocycles. The van der Waals surface area contributed by atoms with Crippen molar-refractivity contribution in [2.45, 2.75) is 119 Å². The van der Waals surface area contributed by atoms with E-state index in [1.165, 1.54) is 0 Å². The lowest BCUT2D eigenvalue weighted by atomic mass is 10.2. The van der Waals surface area contributed by atoms with Crippen molar-refractivity contribution in [1.29, 1.82) is 0 Å². The van der Waals surface area contributed by atoms with E-state index in [1.54, 1.807) is 0 Å². The highest BCUT2D eigenvalue weighted by Crippen LogP contribution is 2.40. The highest BCUT2D eigenvalue weighted by Gasteiger charge is 2.71. The first kappa shape index (κ1) is 26.4. The van der Waals surface area contributed by atoms with Crippen LogP contribution in [-0.2, 0) is 30.0 Å². The van der Waals surface area contributed by atoms with Crippen molar-refractivity contribution in [2.24, 2.45) is 0 Å². The molecule has 0 spiro atoms. The van der Waals surface area contributed by atoms with Gasteiger partial charge in [0.1, 0.15) is 0 Å². The second kappa shape index (κ2) is 7.81. The molecule has 1 aliphatic rings. The van der Waals surface area contributed by atoms with Crippen molar-refractivity contribution >= 4 is 26.7 Å². The third-order valence-electron chi connectivity index (χ3n) is 2.72. The Kier molecular flexibility index (Phi) is 7.36. The summed E-state index contributed by atoms with van der Waals surface area (Å²) in [6, 6.07) is 0.